The molecule has 1 aliphatic rings. The van der Waals surface area contributed by atoms with E-state index in [9.17, 15) is 4.79 Å². The zero-order chi connectivity index (χ0) is 40.1. The van der Waals surface area contributed by atoms with Crippen LogP contribution >= 0.6 is 35.4 Å². The lowest BCUT2D eigenvalue weighted by molar-refractivity contribution is -0.0511. The Balaban J connectivity index is 1.96. The smallest absolute Gasteiger partial charge is 0.328 e. The Morgan fingerprint density at radius 2 is 1.15 bits per heavy atom. The first-order valence-electron chi connectivity index (χ1n) is 18.6. The van der Waals surface area contributed by atoms with Gasteiger partial charge in [-0.2, -0.15) is 0 Å². The molecule has 2 aromatic carbocycles. The van der Waals surface area contributed by atoms with Gasteiger partial charge in [0.25, 0.3) is 0 Å². The van der Waals surface area contributed by atoms with Crippen molar-refractivity contribution in [3.05, 3.63) is 96.6 Å². The molecule has 0 amide bonds. The summed E-state index contributed by atoms with van der Waals surface area (Å²) in [5.41, 5.74) is 2.28. The number of ether oxygens (including phenoxy) is 1. The Bertz CT molecular complexity index is 1800. The summed E-state index contributed by atoms with van der Waals surface area (Å²) in [5, 5.41) is 1.06. The Morgan fingerprint density at radius 1 is 0.736 bits per heavy atom. The summed E-state index contributed by atoms with van der Waals surface area (Å²) >= 11 is 18.6. The second-order valence-corrected chi connectivity index (χ2v) is 34.7. The van der Waals surface area contributed by atoms with Crippen LogP contribution in [0.2, 0.25) is 64.4 Å². The minimum Gasteiger partial charge on any atom is -0.414 e. The molecule has 0 unspecified atom stereocenters. The number of aromatic nitrogens is 2. The third-order valence-electron chi connectivity index (χ3n) is 12.2. The molecule has 3 aromatic rings. The van der Waals surface area contributed by atoms with Crippen LogP contribution in [0.5, 0.6) is 0 Å². The molecule has 1 fully saturated rings. The number of halogens is 2. The summed E-state index contributed by atoms with van der Waals surface area (Å²) in [7, 11) is -7.03. The molecule has 53 heavy (non-hydrogen) atoms. The van der Waals surface area contributed by atoms with Crippen LogP contribution in [0.25, 0.3) is 0 Å². The largest absolute Gasteiger partial charge is 0.414 e. The summed E-state index contributed by atoms with van der Waals surface area (Å²) < 4.78 is 30.6. The van der Waals surface area contributed by atoms with Gasteiger partial charge in [0.2, 0.25) is 0 Å². The predicted octanol–water partition coefficient (Wildman–Crippen LogP) is 12.1. The van der Waals surface area contributed by atoms with Crippen LogP contribution in [0.1, 0.15) is 91.1 Å². The molecule has 1 N–H and O–H groups in total. The van der Waals surface area contributed by atoms with Gasteiger partial charge in [0, 0.05) is 27.7 Å². The van der Waals surface area contributed by atoms with Gasteiger partial charge < -0.3 is 18.0 Å². The lowest BCUT2D eigenvalue weighted by Crippen LogP contribution is -2.54. The average molecular weight is 838 g/mol. The zero-order valence-corrected chi connectivity index (χ0v) is 39.8. The van der Waals surface area contributed by atoms with Gasteiger partial charge in [0.1, 0.15) is 23.0 Å². The first kappa shape index (κ1) is 44.3. The van der Waals surface area contributed by atoms with Crippen molar-refractivity contribution in [1.29, 1.82) is 0 Å². The molecule has 4 atom stereocenters. The van der Waals surface area contributed by atoms with Crippen molar-refractivity contribution in [2.45, 2.75) is 147 Å². The topological polar surface area (TPSA) is 74.7 Å². The summed E-state index contributed by atoms with van der Waals surface area (Å²) in [6, 6.07) is 15.4. The number of hydrogen-bond donors (Lipinski definition) is 1. The Hall–Kier alpha value is -1.39. The van der Waals surface area contributed by atoms with E-state index >= 15 is 0 Å². The lowest BCUT2D eigenvalue weighted by Gasteiger charge is -2.44. The highest BCUT2D eigenvalue weighted by atomic mass is 35.5. The molecular weight excluding hydrogens is 776 g/mol. The van der Waals surface area contributed by atoms with E-state index in [-0.39, 0.29) is 26.7 Å². The predicted molar refractivity (Wildman–Crippen MR) is 231 cm³/mol. The van der Waals surface area contributed by atoms with Crippen molar-refractivity contribution in [2.24, 2.45) is 0 Å². The molecule has 2 heterocycles. The lowest BCUT2D eigenvalue weighted by atomic mass is 9.86. The zero-order valence-electron chi connectivity index (χ0n) is 34.4. The fraction of sp³-hybridized carbons (Fsp3) is 0.600. The fourth-order valence-corrected chi connectivity index (χ4v) is 9.76. The van der Waals surface area contributed by atoms with Crippen molar-refractivity contribution >= 4 is 60.4 Å². The van der Waals surface area contributed by atoms with E-state index in [1.165, 1.54) is 0 Å². The van der Waals surface area contributed by atoms with Crippen molar-refractivity contribution in [3.63, 3.8) is 0 Å². The third-order valence-corrected chi connectivity index (χ3v) is 26.5. The standard InChI is InChI=1S/C40H62Cl2N2O5SSi3/c1-38(2,3)51(10,11)46-25-31-33(48-52(12,13)39(4,5)6)34(49-53(14,15)40(7,8)9)36(47-31)44-24-30(35(50)43-37(44)45)32(26-16-20-28(41)21-17-26)27-18-22-29(42)23-19-27/h16-24,31-34,36H,25H2,1-15H3,(H,43,45,50)/t31-,33-,34-,36-/m1/s1. The van der Waals surface area contributed by atoms with Crippen LogP contribution in [-0.2, 0) is 18.0 Å². The molecule has 0 bridgehead atoms. The molecule has 294 valence electrons. The van der Waals surface area contributed by atoms with Crippen LogP contribution < -0.4 is 5.69 Å². The van der Waals surface area contributed by atoms with Crippen molar-refractivity contribution < 1.29 is 18.0 Å². The first-order chi connectivity index (χ1) is 24.1. The van der Waals surface area contributed by atoms with E-state index in [2.05, 4.69) is 107 Å². The maximum atomic E-state index is 14.2. The van der Waals surface area contributed by atoms with Gasteiger partial charge in [-0.15, -0.1) is 0 Å². The molecule has 4 rings (SSSR count). The third kappa shape index (κ3) is 9.95. The van der Waals surface area contributed by atoms with Gasteiger partial charge in [0.15, 0.2) is 31.2 Å². The van der Waals surface area contributed by atoms with Crippen LogP contribution in [0, 0.1) is 4.64 Å². The highest BCUT2D eigenvalue weighted by Crippen LogP contribution is 2.47. The quantitative estimate of drug-likeness (QED) is 0.153. The van der Waals surface area contributed by atoms with Crippen LogP contribution in [-0.4, -0.2) is 59.4 Å². The van der Waals surface area contributed by atoms with E-state index in [0.717, 1.165) is 16.7 Å². The number of hydrogen-bond acceptors (Lipinski definition) is 6. The summed E-state index contributed by atoms with van der Waals surface area (Å²) in [4.78, 5) is 17.2. The van der Waals surface area contributed by atoms with Crippen LogP contribution in [0.4, 0.5) is 0 Å². The molecular formula is C40H62Cl2N2O5SSi3. The molecule has 1 aromatic heterocycles. The first-order valence-corrected chi connectivity index (χ1v) is 28.5. The number of H-pyrrole nitrogens is 1. The van der Waals surface area contributed by atoms with Gasteiger partial charge >= 0.3 is 5.69 Å². The van der Waals surface area contributed by atoms with E-state index in [1.807, 2.05) is 54.7 Å². The van der Waals surface area contributed by atoms with Gasteiger partial charge in [0.05, 0.1) is 6.61 Å². The monoisotopic (exact) mass is 836 g/mol. The van der Waals surface area contributed by atoms with Crippen LogP contribution in [0.3, 0.4) is 0 Å². The van der Waals surface area contributed by atoms with Crippen LogP contribution in [0.15, 0.2) is 59.5 Å². The molecule has 0 aliphatic carbocycles. The molecule has 1 aliphatic heterocycles. The minimum absolute atomic E-state index is 0.00371. The average Bonchev–Trinajstić information content (AvgIpc) is 3.32. The number of nitrogens with one attached hydrogen (secondary N) is 1. The van der Waals surface area contributed by atoms with Crippen molar-refractivity contribution in [2.75, 3.05) is 6.61 Å². The van der Waals surface area contributed by atoms with Gasteiger partial charge in [-0.25, -0.2) is 4.79 Å². The highest BCUT2D eigenvalue weighted by Gasteiger charge is 2.55. The van der Waals surface area contributed by atoms with Gasteiger partial charge in [-0.1, -0.05) is 122 Å². The molecule has 1 saturated heterocycles. The second kappa shape index (κ2) is 15.9. The van der Waals surface area contributed by atoms with E-state index < -0.39 is 49.5 Å². The van der Waals surface area contributed by atoms with Crippen molar-refractivity contribution in [3.8, 4) is 0 Å². The molecule has 0 spiro atoms. The van der Waals surface area contributed by atoms with Crippen molar-refractivity contribution in [1.82, 2.24) is 9.55 Å². The molecule has 0 saturated carbocycles. The summed E-state index contributed by atoms with van der Waals surface area (Å²) in [6.07, 6.45) is -0.539. The molecule has 0 radical (unpaired) electrons. The van der Waals surface area contributed by atoms with E-state index in [1.54, 1.807) is 4.57 Å². The van der Waals surface area contributed by atoms with E-state index in [0.29, 0.717) is 21.3 Å². The van der Waals surface area contributed by atoms with E-state index in [4.69, 9.17) is 53.4 Å². The maximum Gasteiger partial charge on any atom is 0.328 e. The normalized spacial score (nSPS) is 20.7. The van der Waals surface area contributed by atoms with Gasteiger partial charge in [-0.05, 0) is 89.8 Å². The summed E-state index contributed by atoms with van der Waals surface area (Å²) in [5.74, 6) is -0.335. The van der Waals surface area contributed by atoms with Gasteiger partial charge in [-0.3, -0.25) is 9.55 Å². The maximum absolute atomic E-state index is 14.2. The number of nitrogens with zero attached hydrogens (tertiary/aromatic N) is 1. The Labute approximate surface area is 336 Å². The summed E-state index contributed by atoms with van der Waals surface area (Å²) in [6.45, 7) is 33.8. The number of benzene rings is 2. The molecule has 7 nitrogen and oxygen atoms in total. The highest BCUT2D eigenvalue weighted by molar-refractivity contribution is 7.71. The Kier molecular flexibility index (Phi) is 13.3. The number of rotatable bonds is 11. The minimum atomic E-state index is -2.45. The SMILES string of the molecule is CC(C)(C)[Si](C)(C)OC[C@H]1O[C@@H](n2cc(C(c3ccc(Cl)cc3)c3ccc(Cl)cc3)c(=S)[nH]c2=O)[C@H](O[Si](C)(C)C(C)(C)C)[C@@H]1O[Si](C)(C)C(C)(C)C. The second-order valence-electron chi connectivity index (χ2n) is 19.1. The number of aromatic amines is 1. The molecule has 13 heteroatoms. The fourth-order valence-electron chi connectivity index (χ4n) is 5.63. The Morgan fingerprint density at radius 3 is 1.57 bits per heavy atom.